The first-order valence-corrected chi connectivity index (χ1v) is 6.15. The summed E-state index contributed by atoms with van der Waals surface area (Å²) in [6.45, 7) is 0. The Morgan fingerprint density at radius 3 is 2.53 bits per heavy atom. The van der Waals surface area contributed by atoms with Crippen LogP contribution < -0.4 is 4.74 Å². The summed E-state index contributed by atoms with van der Waals surface area (Å²) in [7, 11) is 1.62. The molecular weight excluding hydrogens is 287 g/mol. The van der Waals surface area contributed by atoms with Crippen LogP contribution in [0.1, 0.15) is 0 Å². The Hall–Kier alpha value is -1.85. The van der Waals surface area contributed by atoms with E-state index in [1.54, 1.807) is 18.0 Å². The second-order valence-electron chi connectivity index (χ2n) is 3.77. The van der Waals surface area contributed by atoms with Gasteiger partial charge in [0, 0.05) is 5.69 Å². The highest BCUT2D eigenvalue weighted by atomic mass is 35.5. The summed E-state index contributed by atoms with van der Waals surface area (Å²) in [5.41, 5.74) is 1.96. The van der Waals surface area contributed by atoms with E-state index in [0.29, 0.717) is 11.2 Å². The highest BCUT2D eigenvalue weighted by molar-refractivity contribution is 6.35. The second kappa shape index (κ2) is 4.68. The molecule has 0 spiro atoms. The number of ether oxygens (including phenoxy) is 1. The van der Waals surface area contributed by atoms with Gasteiger partial charge in [-0.15, -0.1) is 0 Å². The molecule has 2 heterocycles. The third kappa shape index (κ3) is 2.11. The van der Waals surface area contributed by atoms with Gasteiger partial charge in [-0.2, -0.15) is 4.98 Å². The van der Waals surface area contributed by atoms with Gasteiger partial charge in [0.05, 0.1) is 7.11 Å². The quantitative estimate of drug-likeness (QED) is 0.538. The first-order valence-electron chi connectivity index (χ1n) is 5.39. The van der Waals surface area contributed by atoms with Crippen LogP contribution in [0.15, 0.2) is 30.6 Å². The average molecular weight is 295 g/mol. The molecule has 1 aromatic carbocycles. The summed E-state index contributed by atoms with van der Waals surface area (Å²) in [6.07, 6.45) is 1.63. The maximum absolute atomic E-state index is 5.98. The molecule has 0 atom stereocenters. The predicted molar refractivity (Wildman–Crippen MR) is 73.2 cm³/mol. The Balaban J connectivity index is 2.19. The molecule has 0 aliphatic rings. The number of hydrogen-bond acceptors (Lipinski definition) is 4. The maximum Gasteiger partial charge on any atom is 0.225 e. The van der Waals surface area contributed by atoms with E-state index in [1.807, 2.05) is 24.3 Å². The standard InChI is InChI=1S/C12H8Cl2N4O/c1-19-8-4-2-7(3-5-8)18-6-15-9-10(13)16-12(14)17-11(9)18/h2-6H,1H3. The van der Waals surface area contributed by atoms with Gasteiger partial charge >= 0.3 is 0 Å². The maximum atomic E-state index is 5.98. The van der Waals surface area contributed by atoms with Crippen LogP contribution in [-0.4, -0.2) is 26.6 Å². The lowest BCUT2D eigenvalue weighted by atomic mass is 10.3. The number of benzene rings is 1. The molecule has 0 fully saturated rings. The van der Waals surface area contributed by atoms with Gasteiger partial charge in [-0.1, -0.05) is 11.6 Å². The summed E-state index contributed by atoms with van der Waals surface area (Å²) in [6, 6.07) is 7.49. The molecule has 7 heteroatoms. The lowest BCUT2D eigenvalue weighted by Crippen LogP contribution is -1.95. The van der Waals surface area contributed by atoms with Crippen LogP contribution in [0, 0.1) is 0 Å². The first-order chi connectivity index (χ1) is 9.19. The van der Waals surface area contributed by atoms with Crippen LogP contribution in [0.3, 0.4) is 0 Å². The van der Waals surface area contributed by atoms with Crippen molar-refractivity contribution in [3.63, 3.8) is 0 Å². The van der Waals surface area contributed by atoms with Gasteiger partial charge in [0.2, 0.25) is 5.28 Å². The van der Waals surface area contributed by atoms with E-state index in [-0.39, 0.29) is 10.4 Å². The molecule has 0 aliphatic heterocycles. The molecule has 0 aliphatic carbocycles. The minimum Gasteiger partial charge on any atom is -0.497 e. The van der Waals surface area contributed by atoms with E-state index in [2.05, 4.69) is 15.0 Å². The van der Waals surface area contributed by atoms with E-state index in [0.717, 1.165) is 11.4 Å². The van der Waals surface area contributed by atoms with Crippen molar-refractivity contribution in [2.45, 2.75) is 0 Å². The fraction of sp³-hybridized carbons (Fsp3) is 0.0833. The Bertz CT molecular complexity index is 739. The summed E-state index contributed by atoms with van der Waals surface area (Å²) in [5, 5.41) is 0.329. The zero-order valence-corrected chi connectivity index (χ0v) is 11.4. The molecule has 2 aromatic heterocycles. The lowest BCUT2D eigenvalue weighted by molar-refractivity contribution is 0.415. The number of fused-ring (bicyclic) bond motifs is 1. The zero-order chi connectivity index (χ0) is 13.4. The van der Waals surface area contributed by atoms with E-state index in [9.17, 15) is 0 Å². The fourth-order valence-electron chi connectivity index (χ4n) is 1.77. The van der Waals surface area contributed by atoms with Crippen LogP contribution in [-0.2, 0) is 0 Å². The second-order valence-corrected chi connectivity index (χ2v) is 4.46. The molecule has 3 aromatic rings. The van der Waals surface area contributed by atoms with Crippen molar-refractivity contribution in [2.75, 3.05) is 7.11 Å². The van der Waals surface area contributed by atoms with Crippen LogP contribution in [0.5, 0.6) is 5.75 Å². The third-order valence-corrected chi connectivity index (χ3v) is 3.11. The van der Waals surface area contributed by atoms with Crippen molar-refractivity contribution < 1.29 is 4.74 Å². The van der Waals surface area contributed by atoms with Crippen LogP contribution in [0.2, 0.25) is 10.4 Å². The zero-order valence-electron chi connectivity index (χ0n) is 9.84. The van der Waals surface area contributed by atoms with Gasteiger partial charge in [0.25, 0.3) is 0 Å². The minimum absolute atomic E-state index is 0.0905. The molecule has 0 unspecified atom stereocenters. The van der Waals surface area contributed by atoms with Crippen LogP contribution >= 0.6 is 23.2 Å². The SMILES string of the molecule is COc1ccc(-n2cnc3c(Cl)nc(Cl)nc32)cc1. The van der Waals surface area contributed by atoms with Gasteiger partial charge in [-0.25, -0.2) is 9.97 Å². The molecule has 0 bridgehead atoms. The smallest absolute Gasteiger partial charge is 0.225 e. The van der Waals surface area contributed by atoms with Crippen molar-refractivity contribution in [3.05, 3.63) is 41.0 Å². The molecule has 0 saturated carbocycles. The first kappa shape index (κ1) is 12.2. The molecule has 0 radical (unpaired) electrons. The van der Waals surface area contributed by atoms with Crippen molar-refractivity contribution >= 4 is 34.4 Å². The van der Waals surface area contributed by atoms with E-state index >= 15 is 0 Å². The van der Waals surface area contributed by atoms with E-state index in [4.69, 9.17) is 27.9 Å². The molecule has 0 amide bonds. The van der Waals surface area contributed by atoms with Gasteiger partial charge in [0.1, 0.15) is 17.6 Å². The summed E-state index contributed by atoms with van der Waals surface area (Å²) < 4.78 is 6.91. The van der Waals surface area contributed by atoms with Crippen molar-refractivity contribution in [2.24, 2.45) is 0 Å². The number of nitrogens with zero attached hydrogens (tertiary/aromatic N) is 4. The van der Waals surface area contributed by atoms with Gasteiger partial charge in [-0.05, 0) is 35.9 Å². The van der Waals surface area contributed by atoms with Crippen LogP contribution in [0.4, 0.5) is 0 Å². The fourth-order valence-corrected chi connectivity index (χ4v) is 2.19. The topological polar surface area (TPSA) is 52.8 Å². The van der Waals surface area contributed by atoms with E-state index < -0.39 is 0 Å². The van der Waals surface area contributed by atoms with Gasteiger partial charge in [-0.3, -0.25) is 4.57 Å². The highest BCUT2D eigenvalue weighted by Gasteiger charge is 2.12. The monoisotopic (exact) mass is 294 g/mol. The van der Waals surface area contributed by atoms with Crippen molar-refractivity contribution in [1.82, 2.24) is 19.5 Å². The highest BCUT2D eigenvalue weighted by Crippen LogP contribution is 2.24. The molecule has 3 rings (SSSR count). The Morgan fingerprint density at radius 2 is 1.84 bits per heavy atom. The minimum atomic E-state index is 0.0905. The molecule has 19 heavy (non-hydrogen) atoms. The van der Waals surface area contributed by atoms with Crippen LogP contribution in [0.25, 0.3) is 16.9 Å². The predicted octanol–water partition coefficient (Wildman–Crippen LogP) is 3.13. The Morgan fingerprint density at radius 1 is 1.11 bits per heavy atom. The number of halogens is 2. The Labute approximate surface area is 118 Å². The number of rotatable bonds is 2. The average Bonchev–Trinajstić information content (AvgIpc) is 2.83. The number of methoxy groups -OCH3 is 1. The Kier molecular flexibility index (Phi) is 3.00. The third-order valence-electron chi connectivity index (χ3n) is 2.68. The molecule has 5 nitrogen and oxygen atoms in total. The number of hydrogen-bond donors (Lipinski definition) is 0. The largest absolute Gasteiger partial charge is 0.497 e. The molecule has 96 valence electrons. The van der Waals surface area contributed by atoms with Crippen molar-refractivity contribution in [3.8, 4) is 11.4 Å². The molecule has 0 N–H and O–H groups in total. The molecule has 0 saturated heterocycles. The van der Waals surface area contributed by atoms with Gasteiger partial charge in [0.15, 0.2) is 10.8 Å². The van der Waals surface area contributed by atoms with Crippen molar-refractivity contribution in [1.29, 1.82) is 0 Å². The number of imidazole rings is 1. The summed E-state index contributed by atoms with van der Waals surface area (Å²) >= 11 is 11.8. The number of aromatic nitrogens is 4. The summed E-state index contributed by atoms with van der Waals surface area (Å²) in [5.74, 6) is 0.777. The normalized spacial score (nSPS) is 10.9. The molecular formula is C12H8Cl2N4O. The van der Waals surface area contributed by atoms with E-state index in [1.165, 1.54) is 0 Å². The lowest BCUT2D eigenvalue weighted by Gasteiger charge is -2.05. The summed E-state index contributed by atoms with van der Waals surface area (Å²) in [4.78, 5) is 12.2. The van der Waals surface area contributed by atoms with Gasteiger partial charge < -0.3 is 4.74 Å².